The van der Waals surface area contributed by atoms with E-state index in [1.54, 1.807) is 36.1 Å². The average molecular weight is 551 g/mol. The van der Waals surface area contributed by atoms with E-state index in [1.807, 2.05) is 7.05 Å². The molecule has 1 fully saturated rings. The zero-order valence-corrected chi connectivity index (χ0v) is 21.9. The van der Waals surface area contributed by atoms with Crippen molar-refractivity contribution >= 4 is 22.1 Å². The van der Waals surface area contributed by atoms with E-state index in [0.29, 0.717) is 48.0 Å². The summed E-state index contributed by atoms with van der Waals surface area (Å²) in [6, 6.07) is 7.08. The molecule has 1 aliphatic carbocycles. The standard InChI is InChI=1S/C29H26F4N6O/c1-16-13-35-23-12-19(28(40)39(27(23)37-16)15-24-21(29(31,32)33)4-3-11-34-24)17-5-7-18(8-6-17)26-20-14-36-38(2)25(20)10-9-22(26)30/h3-4,9-14,17-18H,5-8,15H2,1-2H3/t17-,18-. The molecule has 206 valence electrons. The molecule has 4 heterocycles. The average Bonchev–Trinajstić information content (AvgIpc) is 3.30. The van der Waals surface area contributed by atoms with Gasteiger partial charge in [0, 0.05) is 36.0 Å². The number of halogens is 4. The molecule has 5 aromatic rings. The molecule has 40 heavy (non-hydrogen) atoms. The Balaban J connectivity index is 1.37. The van der Waals surface area contributed by atoms with Crippen molar-refractivity contribution < 1.29 is 17.6 Å². The summed E-state index contributed by atoms with van der Waals surface area (Å²) in [7, 11) is 1.82. The van der Waals surface area contributed by atoms with Gasteiger partial charge in [-0.2, -0.15) is 18.3 Å². The van der Waals surface area contributed by atoms with Crippen molar-refractivity contribution in [3.63, 3.8) is 0 Å². The van der Waals surface area contributed by atoms with Crippen LogP contribution in [0.1, 0.15) is 65.6 Å². The molecular weight excluding hydrogens is 524 g/mol. The first-order chi connectivity index (χ1) is 19.1. The van der Waals surface area contributed by atoms with Crippen LogP contribution in [-0.4, -0.2) is 29.3 Å². The predicted octanol–water partition coefficient (Wildman–Crippen LogP) is 6.03. The number of alkyl halides is 3. The molecule has 0 N–H and O–H groups in total. The van der Waals surface area contributed by atoms with Crippen molar-refractivity contribution in [2.24, 2.45) is 7.05 Å². The highest BCUT2D eigenvalue weighted by molar-refractivity contribution is 5.83. The van der Waals surface area contributed by atoms with Crippen LogP contribution in [0, 0.1) is 12.7 Å². The van der Waals surface area contributed by atoms with Gasteiger partial charge in [0.15, 0.2) is 5.65 Å². The first-order valence-electron chi connectivity index (χ1n) is 13.1. The van der Waals surface area contributed by atoms with E-state index < -0.39 is 17.3 Å². The molecule has 1 saturated carbocycles. The van der Waals surface area contributed by atoms with E-state index in [0.717, 1.165) is 17.0 Å². The molecule has 1 aromatic carbocycles. The maximum atomic E-state index is 15.0. The summed E-state index contributed by atoms with van der Waals surface area (Å²) in [5.41, 5.74) is 1.61. The van der Waals surface area contributed by atoms with Gasteiger partial charge in [-0.15, -0.1) is 0 Å². The highest BCUT2D eigenvalue weighted by Crippen LogP contribution is 2.43. The molecule has 0 radical (unpaired) electrons. The second kappa shape index (κ2) is 9.79. The van der Waals surface area contributed by atoms with Crippen LogP contribution >= 0.6 is 0 Å². The Bertz CT molecular complexity index is 1800. The molecule has 0 amide bonds. The number of aromatic nitrogens is 6. The second-order valence-corrected chi connectivity index (χ2v) is 10.4. The van der Waals surface area contributed by atoms with Gasteiger partial charge in [0.25, 0.3) is 5.56 Å². The van der Waals surface area contributed by atoms with E-state index in [1.165, 1.54) is 22.9 Å². The Labute approximate surface area is 226 Å². The molecule has 0 saturated heterocycles. The number of fused-ring (bicyclic) bond motifs is 2. The molecule has 7 nitrogen and oxygen atoms in total. The summed E-state index contributed by atoms with van der Waals surface area (Å²) in [4.78, 5) is 26.7. The summed E-state index contributed by atoms with van der Waals surface area (Å²) in [5.74, 6) is -0.444. The van der Waals surface area contributed by atoms with Crippen LogP contribution in [0.2, 0.25) is 0 Å². The molecule has 1 aliphatic rings. The van der Waals surface area contributed by atoms with Crippen molar-refractivity contribution in [2.45, 2.75) is 57.2 Å². The normalized spacial score (nSPS) is 18.1. The van der Waals surface area contributed by atoms with E-state index in [4.69, 9.17) is 0 Å². The molecule has 0 atom stereocenters. The monoisotopic (exact) mass is 550 g/mol. The molecule has 11 heteroatoms. The third kappa shape index (κ3) is 4.52. The van der Waals surface area contributed by atoms with Gasteiger partial charge in [0.2, 0.25) is 0 Å². The Morgan fingerprint density at radius 1 is 1.02 bits per heavy atom. The quantitative estimate of drug-likeness (QED) is 0.256. The molecule has 6 rings (SSSR count). The van der Waals surface area contributed by atoms with E-state index in [2.05, 4.69) is 20.1 Å². The number of hydrogen-bond acceptors (Lipinski definition) is 5. The van der Waals surface area contributed by atoms with E-state index >= 15 is 0 Å². The summed E-state index contributed by atoms with van der Waals surface area (Å²) < 4.78 is 59.1. The molecule has 0 unspecified atom stereocenters. The van der Waals surface area contributed by atoms with Gasteiger partial charge in [-0.25, -0.2) is 9.37 Å². The van der Waals surface area contributed by atoms with Gasteiger partial charge in [-0.1, -0.05) is 0 Å². The molecule has 4 aromatic heterocycles. The minimum absolute atomic E-state index is 0.0304. The highest BCUT2D eigenvalue weighted by Gasteiger charge is 2.35. The lowest BCUT2D eigenvalue weighted by Gasteiger charge is -2.29. The third-order valence-electron chi connectivity index (χ3n) is 7.94. The van der Waals surface area contributed by atoms with Gasteiger partial charge in [0.05, 0.1) is 35.2 Å². The maximum absolute atomic E-state index is 15.0. The fourth-order valence-electron chi connectivity index (χ4n) is 5.98. The Kier molecular flexibility index (Phi) is 6.39. The lowest BCUT2D eigenvalue weighted by molar-refractivity contribution is -0.138. The zero-order chi connectivity index (χ0) is 28.2. The van der Waals surface area contributed by atoms with Crippen LogP contribution in [0.15, 0.2) is 53.7 Å². The van der Waals surface area contributed by atoms with Crippen LogP contribution in [0.25, 0.3) is 22.1 Å². The van der Waals surface area contributed by atoms with E-state index in [9.17, 15) is 22.4 Å². The number of pyridine rings is 2. The number of nitrogens with zero attached hydrogens (tertiary/aromatic N) is 6. The zero-order valence-electron chi connectivity index (χ0n) is 21.9. The minimum Gasteiger partial charge on any atom is -0.285 e. The fraction of sp³-hybridized carbons (Fsp3) is 0.345. The van der Waals surface area contributed by atoms with Crippen LogP contribution in [0.3, 0.4) is 0 Å². The van der Waals surface area contributed by atoms with Gasteiger partial charge >= 0.3 is 6.18 Å². The maximum Gasteiger partial charge on any atom is 0.418 e. The van der Waals surface area contributed by atoms with Gasteiger partial charge in [0.1, 0.15) is 11.3 Å². The highest BCUT2D eigenvalue weighted by atomic mass is 19.4. The van der Waals surface area contributed by atoms with Crippen molar-refractivity contribution in [1.29, 1.82) is 0 Å². The number of benzene rings is 1. The van der Waals surface area contributed by atoms with Crippen molar-refractivity contribution in [2.75, 3.05) is 0 Å². The molecule has 0 spiro atoms. The third-order valence-corrected chi connectivity index (χ3v) is 7.94. The van der Waals surface area contributed by atoms with Crippen LogP contribution in [0.4, 0.5) is 17.6 Å². The van der Waals surface area contributed by atoms with Crippen molar-refractivity contribution in [3.05, 3.63) is 93.2 Å². The molecule has 0 aliphatic heterocycles. The smallest absolute Gasteiger partial charge is 0.285 e. The predicted molar refractivity (Wildman–Crippen MR) is 141 cm³/mol. The fourth-order valence-corrected chi connectivity index (χ4v) is 5.98. The first-order valence-corrected chi connectivity index (χ1v) is 13.1. The van der Waals surface area contributed by atoms with Crippen molar-refractivity contribution in [1.82, 2.24) is 29.3 Å². The van der Waals surface area contributed by atoms with Gasteiger partial charge in [-0.05, 0) is 74.8 Å². The lowest BCUT2D eigenvalue weighted by Crippen LogP contribution is -2.29. The SMILES string of the molecule is Cc1cnc2cc([C@H]3CC[C@H](c4c(F)ccc5c4cnn5C)CC3)c(=O)n(Cc3ncccc3C(F)(F)F)c2n1. The van der Waals surface area contributed by atoms with Crippen LogP contribution in [0.5, 0.6) is 0 Å². The number of hydrogen-bond donors (Lipinski definition) is 0. The van der Waals surface area contributed by atoms with E-state index in [-0.39, 0.29) is 35.5 Å². The Morgan fingerprint density at radius 2 is 1.77 bits per heavy atom. The summed E-state index contributed by atoms with van der Waals surface area (Å²) in [6.45, 7) is 1.32. The second-order valence-electron chi connectivity index (χ2n) is 10.4. The summed E-state index contributed by atoms with van der Waals surface area (Å²) in [5, 5.41) is 5.08. The topological polar surface area (TPSA) is 78.5 Å². The summed E-state index contributed by atoms with van der Waals surface area (Å²) >= 11 is 0. The van der Waals surface area contributed by atoms with Crippen LogP contribution in [-0.2, 0) is 19.8 Å². The first kappa shape index (κ1) is 26.1. The van der Waals surface area contributed by atoms with Crippen LogP contribution < -0.4 is 5.56 Å². The van der Waals surface area contributed by atoms with Crippen molar-refractivity contribution in [3.8, 4) is 0 Å². The minimum atomic E-state index is -4.62. The van der Waals surface area contributed by atoms with Gasteiger partial charge in [-0.3, -0.25) is 24.0 Å². The largest absolute Gasteiger partial charge is 0.418 e. The molecule has 0 bridgehead atoms. The Hall–Kier alpha value is -4.15. The number of aryl methyl sites for hydroxylation is 2. The molecular formula is C29H26F4N6O. The Morgan fingerprint density at radius 3 is 2.52 bits per heavy atom. The summed E-state index contributed by atoms with van der Waals surface area (Å²) in [6.07, 6.45) is 2.48. The van der Waals surface area contributed by atoms with Gasteiger partial charge < -0.3 is 0 Å². The lowest BCUT2D eigenvalue weighted by atomic mass is 9.75. The number of rotatable bonds is 4.